The Labute approximate surface area is 97.2 Å². The van der Waals surface area contributed by atoms with E-state index in [0.29, 0.717) is 5.02 Å². The van der Waals surface area contributed by atoms with Crippen LogP contribution in [0, 0.1) is 0 Å². The van der Waals surface area contributed by atoms with Crippen LogP contribution in [0.5, 0.6) is 0 Å². The van der Waals surface area contributed by atoms with E-state index in [1.807, 2.05) is 0 Å². The number of rotatable bonds is 2. The van der Waals surface area contributed by atoms with Crippen LogP contribution in [0.15, 0.2) is 24.3 Å². The first kappa shape index (κ1) is 11.0. The molecule has 2 atom stereocenters. The van der Waals surface area contributed by atoms with Crippen molar-refractivity contribution >= 4 is 23.5 Å². The maximum Gasteiger partial charge on any atom is 0.326 e. The molecule has 1 heterocycles. The minimum atomic E-state index is -1.01. The molecule has 16 heavy (non-hydrogen) atoms. The topological polar surface area (TPSA) is 66.4 Å². The molecule has 2 rings (SSSR count). The number of carboxylic acids is 1. The molecule has 0 saturated carbocycles. The Morgan fingerprint density at radius 1 is 1.38 bits per heavy atom. The van der Waals surface area contributed by atoms with Gasteiger partial charge in [-0.15, -0.1) is 0 Å². The van der Waals surface area contributed by atoms with Gasteiger partial charge in [-0.2, -0.15) is 0 Å². The molecule has 0 aliphatic carbocycles. The van der Waals surface area contributed by atoms with E-state index in [0.717, 1.165) is 5.56 Å². The summed E-state index contributed by atoms with van der Waals surface area (Å²) < 4.78 is 0. The van der Waals surface area contributed by atoms with E-state index in [4.69, 9.17) is 16.7 Å². The lowest BCUT2D eigenvalue weighted by atomic mass is 9.92. The van der Waals surface area contributed by atoms with Gasteiger partial charge in [-0.3, -0.25) is 4.79 Å². The smallest absolute Gasteiger partial charge is 0.326 e. The zero-order valence-corrected chi connectivity index (χ0v) is 9.07. The second-order valence-corrected chi connectivity index (χ2v) is 4.18. The van der Waals surface area contributed by atoms with Crippen molar-refractivity contribution < 1.29 is 14.7 Å². The molecule has 4 nitrogen and oxygen atoms in total. The van der Waals surface area contributed by atoms with Crippen molar-refractivity contribution in [1.29, 1.82) is 0 Å². The Morgan fingerprint density at radius 3 is 2.56 bits per heavy atom. The zero-order chi connectivity index (χ0) is 11.7. The van der Waals surface area contributed by atoms with Gasteiger partial charge >= 0.3 is 5.97 Å². The van der Waals surface area contributed by atoms with Crippen LogP contribution in [0.3, 0.4) is 0 Å². The van der Waals surface area contributed by atoms with Crippen molar-refractivity contribution in [3.63, 3.8) is 0 Å². The normalized spacial score (nSPS) is 24.2. The molecule has 0 aromatic heterocycles. The molecule has 1 fully saturated rings. The molecule has 1 aliphatic heterocycles. The number of nitrogens with one attached hydrogen (secondary N) is 1. The third kappa shape index (κ3) is 2.02. The first-order chi connectivity index (χ1) is 7.58. The molecular weight excluding hydrogens is 230 g/mol. The van der Waals surface area contributed by atoms with E-state index >= 15 is 0 Å². The molecule has 1 amide bonds. The summed E-state index contributed by atoms with van der Waals surface area (Å²) >= 11 is 5.75. The molecule has 1 aromatic rings. The lowest BCUT2D eigenvalue weighted by Gasteiger charge is -2.14. The summed E-state index contributed by atoms with van der Waals surface area (Å²) in [6.45, 7) is 0. The van der Waals surface area contributed by atoms with Crippen LogP contribution in [0.25, 0.3) is 0 Å². The fraction of sp³-hybridized carbons (Fsp3) is 0.273. The zero-order valence-electron chi connectivity index (χ0n) is 8.31. The Kier molecular flexibility index (Phi) is 2.83. The van der Waals surface area contributed by atoms with E-state index < -0.39 is 12.0 Å². The summed E-state index contributed by atoms with van der Waals surface area (Å²) in [5, 5.41) is 12.0. The Hall–Kier alpha value is -1.55. The van der Waals surface area contributed by atoms with Crippen molar-refractivity contribution in [1.82, 2.24) is 5.32 Å². The molecular formula is C11H10ClNO3. The third-order valence-electron chi connectivity index (χ3n) is 2.69. The molecule has 2 N–H and O–H groups in total. The third-order valence-corrected chi connectivity index (χ3v) is 2.94. The second kappa shape index (κ2) is 4.14. The van der Waals surface area contributed by atoms with Gasteiger partial charge in [-0.1, -0.05) is 23.7 Å². The van der Waals surface area contributed by atoms with Crippen molar-refractivity contribution in [2.24, 2.45) is 0 Å². The van der Waals surface area contributed by atoms with Crippen molar-refractivity contribution in [3.8, 4) is 0 Å². The molecule has 0 radical (unpaired) electrons. The maximum atomic E-state index is 11.2. The quantitative estimate of drug-likeness (QED) is 0.820. The Bertz CT molecular complexity index is 429. The second-order valence-electron chi connectivity index (χ2n) is 3.75. The van der Waals surface area contributed by atoms with Crippen LogP contribution < -0.4 is 5.32 Å². The number of aliphatic carboxylic acids is 1. The first-order valence-corrected chi connectivity index (χ1v) is 5.23. The summed E-state index contributed by atoms with van der Waals surface area (Å²) in [5.41, 5.74) is 0.815. The monoisotopic (exact) mass is 239 g/mol. The van der Waals surface area contributed by atoms with E-state index in [-0.39, 0.29) is 18.2 Å². The summed E-state index contributed by atoms with van der Waals surface area (Å²) in [7, 11) is 0. The minimum Gasteiger partial charge on any atom is -0.480 e. The molecule has 1 aromatic carbocycles. The van der Waals surface area contributed by atoms with Crippen LogP contribution in [0.1, 0.15) is 17.9 Å². The van der Waals surface area contributed by atoms with Crippen molar-refractivity contribution in [2.45, 2.75) is 18.4 Å². The molecule has 84 valence electrons. The largest absolute Gasteiger partial charge is 0.480 e. The van der Waals surface area contributed by atoms with Gasteiger partial charge in [0.1, 0.15) is 6.04 Å². The summed E-state index contributed by atoms with van der Waals surface area (Å²) in [6.07, 6.45) is 0.207. The summed E-state index contributed by atoms with van der Waals surface area (Å²) in [4.78, 5) is 22.2. The molecule has 0 spiro atoms. The fourth-order valence-corrected chi connectivity index (χ4v) is 2.03. The van der Waals surface area contributed by atoms with E-state index in [2.05, 4.69) is 5.32 Å². The van der Waals surface area contributed by atoms with Crippen molar-refractivity contribution in [2.75, 3.05) is 0 Å². The van der Waals surface area contributed by atoms with Crippen LogP contribution in [0.2, 0.25) is 5.02 Å². The predicted molar refractivity (Wildman–Crippen MR) is 58.4 cm³/mol. The fourth-order valence-electron chi connectivity index (χ4n) is 1.90. The number of hydrogen-bond acceptors (Lipinski definition) is 2. The minimum absolute atomic E-state index is 0.207. The maximum absolute atomic E-state index is 11.2. The average Bonchev–Trinajstić information content (AvgIpc) is 2.61. The van der Waals surface area contributed by atoms with E-state index in [1.165, 1.54) is 0 Å². The number of halogens is 1. The van der Waals surface area contributed by atoms with Crippen LogP contribution in [-0.4, -0.2) is 23.0 Å². The lowest BCUT2D eigenvalue weighted by molar-refractivity contribution is -0.140. The number of hydrogen-bond donors (Lipinski definition) is 2. The van der Waals surface area contributed by atoms with E-state index in [1.54, 1.807) is 24.3 Å². The number of carbonyl (C=O) groups is 2. The van der Waals surface area contributed by atoms with Gasteiger partial charge < -0.3 is 10.4 Å². The van der Waals surface area contributed by atoms with Crippen LogP contribution in [-0.2, 0) is 9.59 Å². The van der Waals surface area contributed by atoms with Gasteiger partial charge in [-0.25, -0.2) is 4.79 Å². The van der Waals surface area contributed by atoms with Crippen LogP contribution >= 0.6 is 11.6 Å². The highest BCUT2D eigenvalue weighted by molar-refractivity contribution is 6.30. The summed E-state index contributed by atoms with van der Waals surface area (Å²) in [5.74, 6) is -1.56. The highest BCUT2D eigenvalue weighted by Crippen LogP contribution is 2.29. The molecule has 0 bridgehead atoms. The Balaban J connectivity index is 2.28. The SMILES string of the molecule is O=C1CC(c2ccc(Cl)cc2)[C@@H](C(=O)O)N1. The lowest BCUT2D eigenvalue weighted by Crippen LogP contribution is -2.35. The van der Waals surface area contributed by atoms with Gasteiger partial charge in [0, 0.05) is 17.4 Å². The van der Waals surface area contributed by atoms with Gasteiger partial charge in [0.2, 0.25) is 5.91 Å². The van der Waals surface area contributed by atoms with Gasteiger partial charge in [0.25, 0.3) is 0 Å². The predicted octanol–water partition coefficient (Wildman–Crippen LogP) is 1.40. The number of amides is 1. The molecule has 1 saturated heterocycles. The highest BCUT2D eigenvalue weighted by Gasteiger charge is 2.38. The molecule has 5 heteroatoms. The number of carboxylic acid groups (broad SMARTS) is 1. The van der Waals surface area contributed by atoms with Gasteiger partial charge in [0.05, 0.1) is 0 Å². The highest BCUT2D eigenvalue weighted by atomic mass is 35.5. The number of benzene rings is 1. The molecule has 1 unspecified atom stereocenters. The first-order valence-electron chi connectivity index (χ1n) is 4.85. The van der Waals surface area contributed by atoms with Gasteiger partial charge in [-0.05, 0) is 17.7 Å². The Morgan fingerprint density at radius 2 is 2.00 bits per heavy atom. The number of carbonyl (C=O) groups excluding carboxylic acids is 1. The standard InChI is InChI=1S/C11H10ClNO3/c12-7-3-1-6(2-4-7)8-5-9(14)13-10(8)11(15)16/h1-4,8,10H,5H2,(H,13,14)(H,15,16)/t8?,10-/m0/s1. The van der Waals surface area contributed by atoms with Crippen LogP contribution in [0.4, 0.5) is 0 Å². The summed E-state index contributed by atoms with van der Waals surface area (Å²) in [6, 6.07) is 6.05. The van der Waals surface area contributed by atoms with Crippen molar-refractivity contribution in [3.05, 3.63) is 34.9 Å². The van der Waals surface area contributed by atoms with Gasteiger partial charge in [0.15, 0.2) is 0 Å². The molecule has 1 aliphatic rings. The van der Waals surface area contributed by atoms with E-state index in [9.17, 15) is 9.59 Å². The average molecular weight is 240 g/mol.